The van der Waals surface area contributed by atoms with E-state index in [-0.39, 0.29) is 33.4 Å². The standard InChI is InChI=1S/C9H6F3N3.C8H11P.Os/c10-9(11,12)8-5-7(14-15-8)6-3-1-2-4-13-6;1-9(2)8-6-4-3-5-7-8;/h1-5H,(H,14,15);3-7H,1-2H3;. The van der Waals surface area contributed by atoms with Crippen LogP contribution in [0.3, 0.4) is 0 Å². The zero-order valence-corrected chi connectivity index (χ0v) is 17.0. The van der Waals surface area contributed by atoms with Gasteiger partial charge < -0.3 is 0 Å². The number of aromatic nitrogens is 3. The first-order valence-corrected chi connectivity index (χ1v) is 9.38. The monoisotopic (exact) mass is 543 g/mol. The number of nitrogens with zero attached hydrogens (tertiary/aromatic N) is 2. The Labute approximate surface area is 158 Å². The summed E-state index contributed by atoms with van der Waals surface area (Å²) in [6.07, 6.45) is -2.92. The number of pyridine rings is 1. The summed E-state index contributed by atoms with van der Waals surface area (Å²) in [7, 11) is 0.104. The number of nitrogens with one attached hydrogen (secondary N) is 1. The van der Waals surface area contributed by atoms with E-state index in [1.165, 1.54) is 11.5 Å². The van der Waals surface area contributed by atoms with Crippen LogP contribution in [0.1, 0.15) is 5.69 Å². The summed E-state index contributed by atoms with van der Waals surface area (Å²) in [6, 6.07) is 16.5. The molecule has 0 spiro atoms. The van der Waals surface area contributed by atoms with E-state index >= 15 is 0 Å². The number of rotatable bonds is 2. The van der Waals surface area contributed by atoms with Gasteiger partial charge in [-0.2, -0.15) is 18.3 Å². The molecule has 0 radical (unpaired) electrons. The molecule has 0 saturated carbocycles. The van der Waals surface area contributed by atoms with E-state index in [0.717, 1.165) is 6.07 Å². The van der Waals surface area contributed by atoms with Crippen molar-refractivity contribution in [2.24, 2.45) is 0 Å². The Morgan fingerprint density at radius 1 is 0.960 bits per heavy atom. The molecule has 3 rings (SSSR count). The smallest absolute Gasteiger partial charge is 0.276 e. The van der Waals surface area contributed by atoms with Crippen LogP contribution >= 0.6 is 7.92 Å². The molecule has 2 aromatic heterocycles. The van der Waals surface area contributed by atoms with Crippen molar-refractivity contribution in [2.45, 2.75) is 6.18 Å². The maximum absolute atomic E-state index is 12.2. The van der Waals surface area contributed by atoms with Gasteiger partial charge in [0.1, 0.15) is 0 Å². The van der Waals surface area contributed by atoms with Gasteiger partial charge >= 0.3 is 6.18 Å². The summed E-state index contributed by atoms with van der Waals surface area (Å²) in [5, 5.41) is 6.95. The van der Waals surface area contributed by atoms with Crippen molar-refractivity contribution in [3.05, 3.63) is 66.5 Å². The van der Waals surface area contributed by atoms with Crippen LogP contribution in [0.2, 0.25) is 0 Å². The Balaban J connectivity index is 0.000000270. The molecule has 8 heteroatoms. The summed E-state index contributed by atoms with van der Waals surface area (Å²) in [5.41, 5.74) is -0.258. The first-order chi connectivity index (χ1) is 11.4. The second kappa shape index (κ2) is 9.80. The maximum Gasteiger partial charge on any atom is 0.435 e. The van der Waals surface area contributed by atoms with E-state index in [1.54, 1.807) is 18.2 Å². The Bertz CT molecular complexity index is 747. The van der Waals surface area contributed by atoms with Gasteiger partial charge in [0.05, 0.1) is 11.4 Å². The van der Waals surface area contributed by atoms with Gasteiger partial charge in [-0.05, 0) is 36.8 Å². The molecular formula is C17H17F3N3OsP. The first kappa shape index (κ1) is 21.5. The minimum atomic E-state index is -4.43. The van der Waals surface area contributed by atoms with Crippen LogP contribution in [0.15, 0.2) is 60.8 Å². The molecule has 0 unspecified atom stereocenters. The fraction of sp³-hybridized carbons (Fsp3) is 0.176. The fourth-order valence-corrected chi connectivity index (χ4v) is 2.61. The molecule has 0 aliphatic heterocycles. The van der Waals surface area contributed by atoms with Crippen molar-refractivity contribution < 1.29 is 33.0 Å². The Hall–Kier alpha value is -1.56. The summed E-state index contributed by atoms with van der Waals surface area (Å²) < 4.78 is 36.6. The molecule has 0 atom stereocenters. The quantitative estimate of drug-likeness (QED) is 0.484. The van der Waals surface area contributed by atoms with Gasteiger partial charge in [-0.1, -0.05) is 44.3 Å². The van der Waals surface area contributed by atoms with Gasteiger partial charge in [-0.25, -0.2) is 0 Å². The van der Waals surface area contributed by atoms with Crippen LogP contribution in [0.5, 0.6) is 0 Å². The van der Waals surface area contributed by atoms with E-state index in [0.29, 0.717) is 5.69 Å². The van der Waals surface area contributed by atoms with Gasteiger partial charge in [-0.3, -0.25) is 10.1 Å². The van der Waals surface area contributed by atoms with Crippen LogP contribution in [-0.4, -0.2) is 28.5 Å². The number of alkyl halides is 3. The fourth-order valence-electron chi connectivity index (χ4n) is 1.85. The van der Waals surface area contributed by atoms with E-state index < -0.39 is 11.9 Å². The molecule has 0 fully saturated rings. The van der Waals surface area contributed by atoms with Crippen molar-refractivity contribution in [3.63, 3.8) is 0 Å². The molecule has 0 saturated heterocycles. The second-order valence-corrected chi connectivity index (χ2v) is 7.41. The molecule has 1 aromatic carbocycles. The molecule has 134 valence electrons. The van der Waals surface area contributed by atoms with Crippen LogP contribution in [0.4, 0.5) is 13.2 Å². The zero-order valence-electron chi connectivity index (χ0n) is 13.6. The maximum atomic E-state index is 12.2. The molecule has 1 N–H and O–H groups in total. The van der Waals surface area contributed by atoms with Crippen molar-refractivity contribution in [1.82, 2.24) is 15.2 Å². The largest absolute Gasteiger partial charge is 0.435 e. The van der Waals surface area contributed by atoms with Crippen LogP contribution in [-0.2, 0) is 26.0 Å². The van der Waals surface area contributed by atoms with Crippen LogP contribution < -0.4 is 5.30 Å². The summed E-state index contributed by atoms with van der Waals surface area (Å²) in [5.74, 6) is 0. The number of H-pyrrole nitrogens is 1. The Kier molecular flexibility index (Phi) is 8.42. The van der Waals surface area contributed by atoms with E-state index in [2.05, 4.69) is 58.8 Å². The number of aromatic amines is 1. The number of hydrogen-bond acceptors (Lipinski definition) is 2. The normalized spacial score (nSPS) is 10.6. The number of benzene rings is 1. The molecule has 0 aliphatic carbocycles. The molecule has 0 aliphatic rings. The molecule has 3 aromatic rings. The van der Waals surface area contributed by atoms with Gasteiger partial charge in [0.25, 0.3) is 0 Å². The Morgan fingerprint density at radius 2 is 1.60 bits per heavy atom. The average molecular weight is 542 g/mol. The second-order valence-electron chi connectivity index (χ2n) is 5.11. The molecular weight excluding hydrogens is 524 g/mol. The topological polar surface area (TPSA) is 41.6 Å². The van der Waals surface area contributed by atoms with Crippen molar-refractivity contribution in [1.29, 1.82) is 0 Å². The van der Waals surface area contributed by atoms with Crippen LogP contribution in [0, 0.1) is 0 Å². The third kappa shape index (κ3) is 6.69. The minimum Gasteiger partial charge on any atom is -0.276 e. The predicted molar refractivity (Wildman–Crippen MR) is 91.7 cm³/mol. The van der Waals surface area contributed by atoms with Gasteiger partial charge in [0, 0.05) is 26.0 Å². The van der Waals surface area contributed by atoms with Gasteiger partial charge in [-0.15, -0.1) is 0 Å². The average Bonchev–Trinajstić information content (AvgIpc) is 3.07. The molecule has 0 bridgehead atoms. The SMILES string of the molecule is CP(C)c1ccccc1.FC(F)(F)c1cc(-c2ccccn2)[nH]n1.[Os]. The molecule has 25 heavy (non-hydrogen) atoms. The van der Waals surface area contributed by atoms with Crippen molar-refractivity contribution in [2.75, 3.05) is 13.3 Å². The van der Waals surface area contributed by atoms with E-state index in [4.69, 9.17) is 0 Å². The number of halogens is 3. The predicted octanol–water partition coefficient (Wildman–Crippen LogP) is 4.54. The van der Waals surface area contributed by atoms with Gasteiger partial charge in [0.2, 0.25) is 0 Å². The van der Waals surface area contributed by atoms with Gasteiger partial charge in [0.15, 0.2) is 5.69 Å². The first-order valence-electron chi connectivity index (χ1n) is 7.14. The molecule has 2 heterocycles. The van der Waals surface area contributed by atoms with Crippen LogP contribution in [0.25, 0.3) is 11.4 Å². The van der Waals surface area contributed by atoms with E-state index in [9.17, 15) is 13.2 Å². The molecule has 3 nitrogen and oxygen atoms in total. The van der Waals surface area contributed by atoms with E-state index in [1.807, 2.05) is 0 Å². The van der Waals surface area contributed by atoms with Crippen molar-refractivity contribution in [3.8, 4) is 11.4 Å². The molecule has 0 amide bonds. The number of hydrogen-bond donors (Lipinski definition) is 1. The van der Waals surface area contributed by atoms with Crippen molar-refractivity contribution >= 4 is 13.2 Å². The summed E-state index contributed by atoms with van der Waals surface area (Å²) in [4.78, 5) is 3.91. The zero-order chi connectivity index (χ0) is 17.6. The third-order valence-corrected chi connectivity index (χ3v) is 4.41. The summed E-state index contributed by atoms with van der Waals surface area (Å²) in [6.45, 7) is 4.54. The third-order valence-electron chi connectivity index (χ3n) is 3.08. The Morgan fingerprint density at radius 3 is 2.04 bits per heavy atom. The summed E-state index contributed by atoms with van der Waals surface area (Å²) >= 11 is 0. The minimum absolute atomic E-state index is 0.